The summed E-state index contributed by atoms with van der Waals surface area (Å²) in [5.74, 6) is -1.57. The molecule has 0 fully saturated rings. The topological polar surface area (TPSA) is 231 Å². The number of aliphatic hydroxyl groups is 2. The fraction of sp³-hybridized carbons (Fsp3) is 0.729. The largest absolute Gasteiger partial charge is 0.472 e. The van der Waals surface area contributed by atoms with E-state index in [1.54, 1.807) is 0 Å². The van der Waals surface area contributed by atoms with Crippen molar-refractivity contribution in [2.24, 2.45) is 0 Å². The Labute approximate surface area is 627 Å². The highest BCUT2D eigenvalue weighted by Crippen LogP contribution is 2.45. The van der Waals surface area contributed by atoms with Gasteiger partial charge in [0, 0.05) is 19.3 Å². The van der Waals surface area contributed by atoms with Gasteiger partial charge >= 0.3 is 33.6 Å². The highest BCUT2D eigenvalue weighted by molar-refractivity contribution is 7.47. The van der Waals surface area contributed by atoms with Crippen molar-refractivity contribution in [2.45, 2.75) is 360 Å². The molecule has 594 valence electrons. The maximum Gasteiger partial charge on any atom is 0.472 e. The molecule has 16 nitrogen and oxygen atoms in total. The number of rotatable bonds is 77. The third kappa shape index (κ3) is 78.8. The maximum atomic E-state index is 12.9. The molecule has 4 N–H and O–H groups in total. The molecule has 0 aliphatic rings. The summed E-state index contributed by atoms with van der Waals surface area (Å²) in [7, 11) is -9.78. The fourth-order valence-corrected chi connectivity index (χ4v) is 12.6. The van der Waals surface area contributed by atoms with Crippen LogP contribution in [0, 0.1) is 0 Å². The number of phosphoric ester groups is 2. The Hall–Kier alpha value is -4.05. The van der Waals surface area contributed by atoms with E-state index in [1.165, 1.54) is 141 Å². The number of hydrogen-bond acceptors (Lipinski definition) is 14. The summed E-state index contributed by atoms with van der Waals surface area (Å²) in [5, 5.41) is 20.6. The van der Waals surface area contributed by atoms with E-state index in [-0.39, 0.29) is 19.3 Å². The van der Waals surface area contributed by atoms with Gasteiger partial charge in [0.1, 0.15) is 25.4 Å². The van der Waals surface area contributed by atoms with Gasteiger partial charge in [-0.3, -0.25) is 32.5 Å². The van der Waals surface area contributed by atoms with E-state index in [0.29, 0.717) is 19.3 Å². The lowest BCUT2D eigenvalue weighted by Crippen LogP contribution is -2.30. The van der Waals surface area contributed by atoms with E-state index in [2.05, 4.69) is 142 Å². The lowest BCUT2D eigenvalue weighted by molar-refractivity contribution is -0.161. The Balaban J connectivity index is 4.42. The van der Waals surface area contributed by atoms with Crippen LogP contribution >= 0.6 is 15.6 Å². The smallest absolute Gasteiger partial charge is 0.463 e. The van der Waals surface area contributed by atoms with Crippen LogP contribution in [0.4, 0.5) is 0 Å². The van der Waals surface area contributed by atoms with E-state index in [4.69, 9.17) is 32.3 Å². The molecule has 0 heterocycles. The Morgan fingerprint density at radius 3 is 0.835 bits per heavy atom. The SMILES string of the molecule is CC/C=C\C/C=C\C/C=C\C/C=C\C/C=C\C/C=C\CCCCCCCCCCCCCCC(=O)OCC(O)COP(=O)(O)OCC(O)COP(=O)(O)OCC(COC(=O)CCCCCCCCCCC/C=C\C/C=C\C/C=C\C/C=C\CCCCC)OC(=O)CCCCCCCCCCCCC. The number of hydrogen-bond donors (Lipinski definition) is 4. The van der Waals surface area contributed by atoms with Gasteiger partial charge < -0.3 is 34.2 Å². The van der Waals surface area contributed by atoms with Crippen molar-refractivity contribution in [3.8, 4) is 0 Å². The van der Waals surface area contributed by atoms with Gasteiger partial charge in [-0.2, -0.15) is 0 Å². The monoisotopic (exact) mass is 1490 g/mol. The van der Waals surface area contributed by atoms with Crippen LogP contribution in [0.1, 0.15) is 342 Å². The van der Waals surface area contributed by atoms with Crippen molar-refractivity contribution in [1.29, 1.82) is 0 Å². The number of ether oxygens (including phenoxy) is 3. The number of phosphoric acid groups is 2. The predicted molar refractivity (Wildman–Crippen MR) is 427 cm³/mol. The lowest BCUT2D eigenvalue weighted by Gasteiger charge is -2.21. The minimum atomic E-state index is -4.93. The molecular weight excluding hydrogens is 1340 g/mol. The number of unbranched alkanes of at least 4 members (excludes halogenated alkanes) is 34. The van der Waals surface area contributed by atoms with Crippen LogP contribution in [-0.4, -0.2) is 95.9 Å². The first-order chi connectivity index (χ1) is 50.2. The van der Waals surface area contributed by atoms with Crippen molar-refractivity contribution in [1.82, 2.24) is 0 Å². The second-order valence-electron chi connectivity index (χ2n) is 27.2. The number of esters is 3. The van der Waals surface area contributed by atoms with Crippen molar-refractivity contribution in [3.05, 3.63) is 122 Å². The van der Waals surface area contributed by atoms with Gasteiger partial charge in [-0.1, -0.05) is 328 Å². The molecule has 0 rings (SSSR count). The molecule has 0 saturated carbocycles. The van der Waals surface area contributed by atoms with E-state index < -0.39 is 91.5 Å². The molecule has 0 spiro atoms. The third-order valence-electron chi connectivity index (χ3n) is 17.2. The van der Waals surface area contributed by atoms with Crippen LogP contribution in [0.2, 0.25) is 0 Å². The van der Waals surface area contributed by atoms with Gasteiger partial charge in [0.15, 0.2) is 6.10 Å². The zero-order valence-electron chi connectivity index (χ0n) is 65.0. The van der Waals surface area contributed by atoms with Crippen LogP contribution in [0.5, 0.6) is 0 Å². The molecule has 18 heteroatoms. The van der Waals surface area contributed by atoms with E-state index in [0.717, 1.165) is 141 Å². The zero-order chi connectivity index (χ0) is 75.2. The molecule has 0 aliphatic carbocycles. The van der Waals surface area contributed by atoms with Gasteiger partial charge in [0.2, 0.25) is 0 Å². The van der Waals surface area contributed by atoms with E-state index in [1.807, 2.05) is 0 Å². The van der Waals surface area contributed by atoms with Crippen LogP contribution in [0.15, 0.2) is 122 Å². The molecule has 0 bridgehead atoms. The molecule has 0 radical (unpaired) electrons. The average Bonchev–Trinajstić information content (AvgIpc) is 0.914. The molecule has 0 saturated heterocycles. The normalized spacial score (nSPS) is 14.6. The van der Waals surface area contributed by atoms with Crippen LogP contribution < -0.4 is 0 Å². The standard InChI is InChI=1S/C85H148O16P2/c1-4-7-10-13-16-19-22-24-26-28-30-32-34-36-37-38-39-40-41-43-45-46-48-50-52-54-57-59-62-65-68-71-83(88)95-74-80(86)75-97-102(91,92)98-76-81(87)77-99-103(93,94)100-79-82(101-85(90)73-70-67-64-61-56-21-18-15-12-9-6-3)78-96-84(89)72-69-66-63-60-58-55-53-51-49-47-44-42-35-33-31-29-27-25-23-20-17-14-11-8-5-2/h7,10,16-17,19-20,24-27,30-33,36-37,39-40,42,44,80-82,86-87H,4-6,8-9,11-15,18,21-23,28-29,34-35,38,41,43,45-79H2,1-3H3,(H,91,92)(H,93,94)/b10-7-,19-16-,20-17-,26-24-,27-25-,32-30-,33-31-,37-36-,40-39-,44-42-. The van der Waals surface area contributed by atoms with Crippen LogP contribution in [0.3, 0.4) is 0 Å². The number of carbonyl (C=O) groups excluding carboxylic acids is 3. The highest BCUT2D eigenvalue weighted by Gasteiger charge is 2.29. The van der Waals surface area contributed by atoms with Crippen molar-refractivity contribution >= 4 is 33.6 Å². The Morgan fingerprint density at radius 1 is 0.282 bits per heavy atom. The summed E-state index contributed by atoms with van der Waals surface area (Å²) in [5.41, 5.74) is 0. The minimum absolute atomic E-state index is 0.105. The van der Waals surface area contributed by atoms with Crippen molar-refractivity contribution in [2.75, 3.05) is 39.6 Å². The van der Waals surface area contributed by atoms with Crippen LogP contribution in [0.25, 0.3) is 0 Å². The molecule has 0 amide bonds. The number of carbonyl (C=O) groups is 3. The summed E-state index contributed by atoms with van der Waals surface area (Å²) in [6.45, 7) is 2.55. The first-order valence-electron chi connectivity index (χ1n) is 40.8. The van der Waals surface area contributed by atoms with E-state index >= 15 is 0 Å². The van der Waals surface area contributed by atoms with Gasteiger partial charge in [-0.15, -0.1) is 0 Å². The quantitative estimate of drug-likeness (QED) is 0.0146. The summed E-state index contributed by atoms with van der Waals surface area (Å²) >= 11 is 0. The van der Waals surface area contributed by atoms with Gasteiger partial charge in [0.05, 0.1) is 26.4 Å². The average molecular weight is 1490 g/mol. The Bertz CT molecular complexity index is 2360. The summed E-state index contributed by atoms with van der Waals surface area (Å²) in [4.78, 5) is 58.6. The first kappa shape index (κ1) is 98.9. The maximum absolute atomic E-state index is 12.9. The zero-order valence-corrected chi connectivity index (χ0v) is 66.7. The molecule has 5 unspecified atom stereocenters. The summed E-state index contributed by atoms with van der Waals surface area (Å²) < 4.78 is 61.1. The van der Waals surface area contributed by atoms with Gasteiger partial charge in [-0.25, -0.2) is 9.13 Å². The number of allylic oxidation sites excluding steroid dienone is 20. The highest BCUT2D eigenvalue weighted by atomic mass is 31.2. The molecular formula is C85H148O16P2. The third-order valence-corrected chi connectivity index (χ3v) is 19.1. The van der Waals surface area contributed by atoms with Crippen molar-refractivity contribution in [3.63, 3.8) is 0 Å². The Kier molecular flexibility index (Phi) is 74.5. The second-order valence-corrected chi connectivity index (χ2v) is 30.1. The summed E-state index contributed by atoms with van der Waals surface area (Å²) in [6, 6.07) is 0. The summed E-state index contributed by atoms with van der Waals surface area (Å²) in [6.07, 6.45) is 92.6. The van der Waals surface area contributed by atoms with Gasteiger partial charge in [0.25, 0.3) is 0 Å². The molecule has 5 atom stereocenters. The molecule has 103 heavy (non-hydrogen) atoms. The van der Waals surface area contributed by atoms with Gasteiger partial charge in [-0.05, 0) is 116 Å². The molecule has 0 aromatic heterocycles. The van der Waals surface area contributed by atoms with Crippen LogP contribution in [-0.2, 0) is 55.8 Å². The lowest BCUT2D eigenvalue weighted by atomic mass is 10.0. The second kappa shape index (κ2) is 77.6. The van der Waals surface area contributed by atoms with E-state index in [9.17, 15) is 43.5 Å². The predicted octanol–water partition coefficient (Wildman–Crippen LogP) is 24.1. The molecule has 0 aromatic rings. The van der Waals surface area contributed by atoms with Crippen molar-refractivity contribution < 1.29 is 75.8 Å². The first-order valence-corrected chi connectivity index (χ1v) is 43.8. The minimum Gasteiger partial charge on any atom is -0.463 e. The Morgan fingerprint density at radius 2 is 0.515 bits per heavy atom. The number of aliphatic hydroxyl groups excluding tert-OH is 2. The molecule has 0 aromatic carbocycles. The molecule has 0 aliphatic heterocycles. The fourth-order valence-electron chi connectivity index (χ4n) is 11.0.